The third kappa shape index (κ3) is 2.60. The first kappa shape index (κ1) is 11.1. The quantitative estimate of drug-likeness (QED) is 0.758. The molecule has 1 aromatic carbocycles. The van der Waals surface area contributed by atoms with Crippen LogP contribution in [0.1, 0.15) is 23.7 Å². The Hall–Kier alpha value is -1.37. The molecule has 84 valence electrons. The van der Waals surface area contributed by atoms with Crippen molar-refractivity contribution in [3.05, 3.63) is 35.4 Å². The number of benzene rings is 1. The first-order valence-corrected chi connectivity index (χ1v) is 5.80. The van der Waals surface area contributed by atoms with E-state index in [1.165, 1.54) is 11.1 Å². The van der Waals surface area contributed by atoms with Crippen LogP contribution in [0.15, 0.2) is 24.3 Å². The van der Waals surface area contributed by atoms with Crippen molar-refractivity contribution in [2.24, 2.45) is 0 Å². The molecule has 1 aliphatic rings. The summed E-state index contributed by atoms with van der Waals surface area (Å²) in [6.07, 6.45) is 1.82. The molecule has 0 fully saturated rings. The van der Waals surface area contributed by atoms with Crippen molar-refractivity contribution >= 4 is 0 Å². The van der Waals surface area contributed by atoms with Crippen molar-refractivity contribution in [3.8, 4) is 6.07 Å². The minimum absolute atomic E-state index is 0.198. The van der Waals surface area contributed by atoms with E-state index in [0.717, 1.165) is 26.1 Å². The van der Waals surface area contributed by atoms with E-state index < -0.39 is 0 Å². The number of nitriles is 1. The molecule has 1 heterocycles. The van der Waals surface area contributed by atoms with E-state index >= 15 is 0 Å². The lowest BCUT2D eigenvalue weighted by Gasteiger charge is -2.24. The lowest BCUT2D eigenvalue weighted by molar-refractivity contribution is -0.661. The Kier molecular flexibility index (Phi) is 3.92. The van der Waals surface area contributed by atoms with Crippen molar-refractivity contribution in [2.75, 3.05) is 19.7 Å². The minimum atomic E-state index is 0.198. The number of rotatable bonds is 4. The van der Waals surface area contributed by atoms with Gasteiger partial charge < -0.3 is 10.1 Å². The molecule has 1 aromatic rings. The van der Waals surface area contributed by atoms with E-state index in [4.69, 9.17) is 10.00 Å². The topological polar surface area (TPSA) is 49.6 Å². The number of ether oxygens (including phenoxy) is 1. The smallest absolute Gasteiger partial charge is 0.131 e. The molecule has 0 radical (unpaired) electrons. The second kappa shape index (κ2) is 5.64. The molecule has 0 saturated carbocycles. The van der Waals surface area contributed by atoms with Gasteiger partial charge in [0.15, 0.2) is 0 Å². The number of hydrogen-bond acceptors (Lipinski definition) is 2. The highest BCUT2D eigenvalue weighted by atomic mass is 16.5. The standard InChI is InChI=1S/C13H16N2O/c14-7-3-8-15-10-13-12-5-2-1-4-11(12)6-9-16-13/h1-2,4-5,13,15H,3,6,8-10H2/p+1/t13-/m1/s1. The maximum Gasteiger partial charge on any atom is 0.131 e. The average molecular weight is 217 g/mol. The van der Waals surface area contributed by atoms with E-state index in [-0.39, 0.29) is 6.10 Å². The van der Waals surface area contributed by atoms with Crippen LogP contribution >= 0.6 is 0 Å². The van der Waals surface area contributed by atoms with Gasteiger partial charge in [0.1, 0.15) is 12.6 Å². The van der Waals surface area contributed by atoms with Crippen LogP contribution in [-0.2, 0) is 11.2 Å². The van der Waals surface area contributed by atoms with Gasteiger partial charge in [-0.25, -0.2) is 0 Å². The van der Waals surface area contributed by atoms with Crippen molar-refractivity contribution < 1.29 is 10.1 Å². The molecule has 0 saturated heterocycles. The Morgan fingerprint density at radius 2 is 2.31 bits per heavy atom. The van der Waals surface area contributed by atoms with Gasteiger partial charge in [0.25, 0.3) is 0 Å². The predicted molar refractivity (Wildman–Crippen MR) is 60.7 cm³/mol. The van der Waals surface area contributed by atoms with Crippen LogP contribution in [0.3, 0.4) is 0 Å². The molecule has 1 atom stereocenters. The molecule has 1 aliphatic heterocycles. The normalized spacial score (nSPS) is 18.8. The van der Waals surface area contributed by atoms with E-state index in [1.807, 2.05) is 0 Å². The van der Waals surface area contributed by atoms with Crippen molar-refractivity contribution in [1.29, 1.82) is 5.26 Å². The van der Waals surface area contributed by atoms with Gasteiger partial charge in [-0.15, -0.1) is 0 Å². The first-order chi connectivity index (χ1) is 7.92. The van der Waals surface area contributed by atoms with E-state index in [1.54, 1.807) is 0 Å². The Bertz CT molecular complexity index is 384. The first-order valence-electron chi connectivity index (χ1n) is 5.80. The summed E-state index contributed by atoms with van der Waals surface area (Å²) in [7, 11) is 0. The van der Waals surface area contributed by atoms with Gasteiger partial charge in [-0.05, 0) is 17.5 Å². The van der Waals surface area contributed by atoms with Crippen LogP contribution in [0.5, 0.6) is 0 Å². The molecular weight excluding hydrogens is 200 g/mol. The molecule has 0 amide bonds. The fourth-order valence-electron chi connectivity index (χ4n) is 2.11. The van der Waals surface area contributed by atoms with Crippen LogP contribution in [0, 0.1) is 11.3 Å². The molecule has 0 unspecified atom stereocenters. The molecule has 3 heteroatoms. The Balaban J connectivity index is 1.94. The summed E-state index contributed by atoms with van der Waals surface area (Å²) < 4.78 is 5.77. The van der Waals surface area contributed by atoms with Gasteiger partial charge >= 0.3 is 0 Å². The number of fused-ring (bicyclic) bond motifs is 1. The summed E-state index contributed by atoms with van der Waals surface area (Å²) in [6.45, 7) is 2.59. The van der Waals surface area contributed by atoms with Crippen LogP contribution < -0.4 is 5.32 Å². The van der Waals surface area contributed by atoms with Gasteiger partial charge in [-0.2, -0.15) is 5.26 Å². The van der Waals surface area contributed by atoms with Crippen LogP contribution in [0.2, 0.25) is 0 Å². The Labute approximate surface area is 96.0 Å². The largest absolute Gasteiger partial charge is 0.367 e. The predicted octanol–water partition coefficient (Wildman–Crippen LogP) is 0.777. The number of quaternary nitrogens is 1. The summed E-state index contributed by atoms with van der Waals surface area (Å²) in [5.41, 5.74) is 2.73. The lowest BCUT2D eigenvalue weighted by Crippen LogP contribution is -2.85. The highest BCUT2D eigenvalue weighted by Crippen LogP contribution is 2.25. The molecule has 2 rings (SSSR count). The van der Waals surface area contributed by atoms with Crippen LogP contribution in [-0.4, -0.2) is 19.7 Å². The van der Waals surface area contributed by atoms with Gasteiger partial charge in [0.05, 0.1) is 25.6 Å². The van der Waals surface area contributed by atoms with Gasteiger partial charge in [0.2, 0.25) is 0 Å². The fraction of sp³-hybridized carbons (Fsp3) is 0.462. The highest BCUT2D eigenvalue weighted by molar-refractivity contribution is 5.30. The van der Waals surface area contributed by atoms with Gasteiger partial charge in [-0.3, -0.25) is 0 Å². The molecule has 0 aliphatic carbocycles. The molecule has 3 nitrogen and oxygen atoms in total. The van der Waals surface area contributed by atoms with Gasteiger partial charge in [-0.1, -0.05) is 24.3 Å². The third-order valence-electron chi connectivity index (χ3n) is 2.93. The SMILES string of the molecule is N#CCC[NH2+]C[C@H]1OCCc2ccccc21. The third-order valence-corrected chi connectivity index (χ3v) is 2.93. The molecule has 16 heavy (non-hydrogen) atoms. The summed E-state index contributed by atoms with van der Waals surface area (Å²) in [5.74, 6) is 0. The second-order valence-corrected chi connectivity index (χ2v) is 4.03. The minimum Gasteiger partial charge on any atom is -0.367 e. The van der Waals surface area contributed by atoms with E-state index in [2.05, 4.69) is 35.7 Å². The summed E-state index contributed by atoms with van der Waals surface area (Å²) in [4.78, 5) is 0. The Morgan fingerprint density at radius 1 is 1.44 bits per heavy atom. The van der Waals surface area contributed by atoms with E-state index in [9.17, 15) is 0 Å². The lowest BCUT2D eigenvalue weighted by atomic mass is 9.97. The molecule has 0 bridgehead atoms. The zero-order chi connectivity index (χ0) is 11.2. The zero-order valence-corrected chi connectivity index (χ0v) is 9.36. The molecule has 0 aromatic heterocycles. The highest BCUT2D eigenvalue weighted by Gasteiger charge is 2.21. The number of nitrogens with zero attached hydrogens (tertiary/aromatic N) is 1. The monoisotopic (exact) mass is 217 g/mol. The fourth-order valence-corrected chi connectivity index (χ4v) is 2.11. The maximum atomic E-state index is 8.46. The molecular formula is C13H17N2O+. The summed E-state index contributed by atoms with van der Waals surface area (Å²) >= 11 is 0. The van der Waals surface area contributed by atoms with Crippen molar-refractivity contribution in [2.45, 2.75) is 18.9 Å². The van der Waals surface area contributed by atoms with Crippen LogP contribution in [0.4, 0.5) is 0 Å². The van der Waals surface area contributed by atoms with Crippen molar-refractivity contribution in [1.82, 2.24) is 0 Å². The van der Waals surface area contributed by atoms with Crippen molar-refractivity contribution in [3.63, 3.8) is 0 Å². The second-order valence-electron chi connectivity index (χ2n) is 4.03. The Morgan fingerprint density at radius 3 is 3.19 bits per heavy atom. The van der Waals surface area contributed by atoms with Gasteiger partial charge in [0, 0.05) is 0 Å². The number of nitrogens with two attached hydrogens (primary N) is 1. The van der Waals surface area contributed by atoms with Crippen LogP contribution in [0.25, 0.3) is 0 Å². The molecule has 2 N–H and O–H groups in total. The summed E-state index contributed by atoms with van der Waals surface area (Å²) in [5, 5.41) is 10.6. The summed E-state index contributed by atoms with van der Waals surface area (Å²) in [6, 6.07) is 10.6. The average Bonchev–Trinajstić information content (AvgIpc) is 2.35. The maximum absolute atomic E-state index is 8.46. The van der Waals surface area contributed by atoms with E-state index in [0.29, 0.717) is 6.42 Å². The number of hydrogen-bond donors (Lipinski definition) is 1. The zero-order valence-electron chi connectivity index (χ0n) is 9.36. The molecule has 0 spiro atoms.